The average molecular weight is 663 g/mol. The lowest BCUT2D eigenvalue weighted by Gasteiger charge is -2.54. The van der Waals surface area contributed by atoms with Gasteiger partial charge in [0.25, 0.3) is 0 Å². The van der Waals surface area contributed by atoms with E-state index in [1.807, 2.05) is 18.2 Å². The standard InChI is InChI=1S/C39H50O9/c1-36(2,3)39-18-10-27(11-19-39)24-30(39)33(43)46-21-13-29-23-26-8-16-38(29,17-9-26)35(45)48-32(42)5-4-31(41)47-34(44)37-14-6-25(7-15-37)22-28(37)12-20-40/h4-6,8,10,14,16,18,25-30,40H,7,9,11-13,15,17,19-24H2,1-3H3/b5-4-. The Hall–Kier alpha value is -3.33. The fourth-order valence-corrected chi connectivity index (χ4v) is 9.97. The number of aliphatic hydroxyl groups is 1. The van der Waals surface area contributed by atoms with Gasteiger partial charge in [0.15, 0.2) is 0 Å². The van der Waals surface area contributed by atoms with Gasteiger partial charge < -0.3 is 19.3 Å². The van der Waals surface area contributed by atoms with Crippen LogP contribution in [-0.4, -0.2) is 48.2 Å². The van der Waals surface area contributed by atoms with E-state index in [1.165, 1.54) is 0 Å². The Morgan fingerprint density at radius 1 is 0.729 bits per heavy atom. The minimum absolute atomic E-state index is 0.0615. The van der Waals surface area contributed by atoms with E-state index in [9.17, 15) is 29.1 Å². The predicted molar refractivity (Wildman–Crippen MR) is 175 cm³/mol. The van der Waals surface area contributed by atoms with Crippen molar-refractivity contribution in [3.8, 4) is 0 Å². The second-order valence-electron chi connectivity index (χ2n) is 16.2. The molecule has 9 rings (SSSR count). The monoisotopic (exact) mass is 662 g/mol. The third-order valence-electron chi connectivity index (χ3n) is 12.9. The number of hydrogen-bond acceptors (Lipinski definition) is 9. The van der Waals surface area contributed by atoms with Crippen molar-refractivity contribution in [1.82, 2.24) is 0 Å². The van der Waals surface area contributed by atoms with Crippen LogP contribution in [0.4, 0.5) is 0 Å². The number of hydrogen-bond donors (Lipinski definition) is 1. The summed E-state index contributed by atoms with van der Waals surface area (Å²) < 4.78 is 16.3. The molecule has 9 aliphatic rings. The van der Waals surface area contributed by atoms with Crippen LogP contribution in [0.2, 0.25) is 0 Å². The van der Waals surface area contributed by atoms with Crippen LogP contribution in [-0.2, 0) is 38.2 Å². The number of rotatable bonds is 10. The Balaban J connectivity index is 1.03. The Morgan fingerprint density at radius 3 is 1.69 bits per heavy atom. The van der Waals surface area contributed by atoms with Crippen molar-refractivity contribution in [3.05, 3.63) is 48.6 Å². The summed E-state index contributed by atoms with van der Waals surface area (Å²) in [6, 6.07) is 0. The van der Waals surface area contributed by atoms with Gasteiger partial charge in [-0.3, -0.25) is 14.4 Å². The molecule has 0 aromatic rings. The first kappa shape index (κ1) is 34.5. The Labute approximate surface area is 283 Å². The van der Waals surface area contributed by atoms with Crippen LogP contribution in [0.1, 0.15) is 91.4 Å². The van der Waals surface area contributed by atoms with Gasteiger partial charge in [-0.25, -0.2) is 9.59 Å². The van der Waals surface area contributed by atoms with Crippen molar-refractivity contribution >= 4 is 29.8 Å². The van der Waals surface area contributed by atoms with E-state index in [4.69, 9.17) is 14.2 Å². The minimum atomic E-state index is -1.02. The molecule has 3 saturated carbocycles. The molecule has 48 heavy (non-hydrogen) atoms. The van der Waals surface area contributed by atoms with Crippen LogP contribution in [0, 0.1) is 57.2 Å². The van der Waals surface area contributed by atoms with Gasteiger partial charge in [0.2, 0.25) is 0 Å². The van der Waals surface area contributed by atoms with Crippen molar-refractivity contribution in [2.45, 2.75) is 91.4 Å². The molecule has 0 aromatic carbocycles. The summed E-state index contributed by atoms with van der Waals surface area (Å²) in [5, 5.41) is 9.50. The Kier molecular flexibility index (Phi) is 9.48. The molecular formula is C39H50O9. The number of allylic oxidation sites excluding steroid dienone is 4. The highest BCUT2D eigenvalue weighted by Crippen LogP contribution is 2.59. The first-order valence-corrected chi connectivity index (χ1v) is 17.9. The van der Waals surface area contributed by atoms with Gasteiger partial charge in [0.1, 0.15) is 0 Å². The number of fused-ring (bicyclic) bond motifs is 6. The highest BCUT2D eigenvalue weighted by Gasteiger charge is 2.55. The smallest absolute Gasteiger partial charge is 0.338 e. The van der Waals surface area contributed by atoms with Crippen LogP contribution < -0.4 is 0 Å². The van der Waals surface area contributed by atoms with Crippen molar-refractivity contribution in [2.75, 3.05) is 13.2 Å². The van der Waals surface area contributed by atoms with Crippen molar-refractivity contribution in [1.29, 1.82) is 0 Å². The molecule has 9 heteroatoms. The molecule has 0 heterocycles. The van der Waals surface area contributed by atoms with E-state index < -0.39 is 34.7 Å². The summed E-state index contributed by atoms with van der Waals surface area (Å²) in [5.74, 6) is -2.98. The van der Waals surface area contributed by atoms with Gasteiger partial charge >= 0.3 is 29.8 Å². The van der Waals surface area contributed by atoms with E-state index >= 15 is 0 Å². The average Bonchev–Trinajstić information content (AvgIpc) is 3.08. The number of ether oxygens (including phenoxy) is 3. The zero-order valence-electron chi connectivity index (χ0n) is 28.5. The maximum atomic E-state index is 13.6. The maximum absolute atomic E-state index is 13.6. The van der Waals surface area contributed by atoms with Gasteiger partial charge in [-0.15, -0.1) is 0 Å². The normalized spacial score (nSPS) is 37.5. The number of aliphatic hydroxyl groups excluding tert-OH is 1. The lowest BCUT2D eigenvalue weighted by molar-refractivity contribution is -0.170. The molecule has 6 bridgehead atoms. The third-order valence-corrected chi connectivity index (χ3v) is 12.9. The van der Waals surface area contributed by atoms with Gasteiger partial charge in [-0.1, -0.05) is 57.2 Å². The minimum Gasteiger partial charge on any atom is -0.465 e. The third kappa shape index (κ3) is 6.16. The zero-order valence-corrected chi connectivity index (χ0v) is 28.5. The van der Waals surface area contributed by atoms with Crippen LogP contribution in [0.5, 0.6) is 0 Å². The van der Waals surface area contributed by atoms with E-state index in [1.54, 1.807) is 6.08 Å². The van der Waals surface area contributed by atoms with Crippen LogP contribution in [0.15, 0.2) is 48.6 Å². The number of esters is 5. The second kappa shape index (κ2) is 13.2. The fraction of sp³-hybridized carbons (Fsp3) is 0.667. The quantitative estimate of drug-likeness (QED) is 0.0989. The largest absolute Gasteiger partial charge is 0.465 e. The molecule has 260 valence electrons. The highest BCUT2D eigenvalue weighted by molar-refractivity contribution is 6.01. The summed E-state index contributed by atoms with van der Waals surface area (Å²) >= 11 is 0. The van der Waals surface area contributed by atoms with E-state index in [-0.39, 0.29) is 47.8 Å². The van der Waals surface area contributed by atoms with Crippen LogP contribution in [0.3, 0.4) is 0 Å². The van der Waals surface area contributed by atoms with Gasteiger partial charge in [0, 0.05) is 24.2 Å². The fourth-order valence-electron chi connectivity index (χ4n) is 9.97. The van der Waals surface area contributed by atoms with Crippen molar-refractivity contribution in [3.63, 3.8) is 0 Å². The molecule has 0 radical (unpaired) electrons. The lowest BCUT2D eigenvalue weighted by Crippen LogP contribution is -2.50. The number of carbonyl (C=O) groups is 5. The highest BCUT2D eigenvalue weighted by atomic mass is 16.6. The van der Waals surface area contributed by atoms with Gasteiger partial charge in [0.05, 0.1) is 23.4 Å². The topological polar surface area (TPSA) is 133 Å². The van der Waals surface area contributed by atoms with Gasteiger partial charge in [-0.05, 0) is 106 Å². The zero-order chi connectivity index (χ0) is 34.3. The maximum Gasteiger partial charge on any atom is 0.338 e. The summed E-state index contributed by atoms with van der Waals surface area (Å²) in [6.45, 7) is 6.70. The van der Waals surface area contributed by atoms with Gasteiger partial charge in [-0.2, -0.15) is 0 Å². The van der Waals surface area contributed by atoms with Crippen LogP contribution in [0.25, 0.3) is 0 Å². The van der Waals surface area contributed by atoms with Crippen molar-refractivity contribution in [2.24, 2.45) is 57.2 Å². The first-order valence-electron chi connectivity index (χ1n) is 17.9. The molecule has 3 fully saturated rings. The molecule has 0 spiro atoms. The number of carbonyl (C=O) groups excluding carboxylic acids is 5. The van der Waals surface area contributed by atoms with Crippen LogP contribution >= 0.6 is 0 Å². The first-order chi connectivity index (χ1) is 22.8. The summed E-state index contributed by atoms with van der Waals surface area (Å²) in [6.07, 6.45) is 21.7. The molecule has 0 amide bonds. The molecule has 0 saturated heterocycles. The van der Waals surface area contributed by atoms with Crippen molar-refractivity contribution < 1.29 is 43.3 Å². The lowest BCUT2D eigenvalue weighted by atomic mass is 9.50. The summed E-state index contributed by atoms with van der Waals surface area (Å²) in [5.41, 5.74) is -2.29. The van der Waals surface area contributed by atoms with E-state index in [0.717, 1.165) is 57.1 Å². The van der Waals surface area contributed by atoms with E-state index in [0.29, 0.717) is 43.4 Å². The Morgan fingerprint density at radius 2 is 1.23 bits per heavy atom. The predicted octanol–water partition coefficient (Wildman–Crippen LogP) is 5.96. The second-order valence-corrected chi connectivity index (χ2v) is 16.2. The molecule has 1 N–H and O–H groups in total. The molecule has 9 aliphatic carbocycles. The SMILES string of the molecule is CC(C)(C)C12C=CC(CC1)CC2C(=O)OCCC1CC2C=CC1(C(=O)OC(=O)/C=C\C(=O)OC(=O)C13C=CC(CC1)CC3CCO)CC2. The summed E-state index contributed by atoms with van der Waals surface area (Å²) in [7, 11) is 0. The molecule has 0 aliphatic heterocycles. The van der Waals surface area contributed by atoms with E-state index in [2.05, 4.69) is 32.9 Å². The molecule has 9 atom stereocenters. The molecule has 0 aromatic heterocycles. The molecular weight excluding hydrogens is 612 g/mol. The summed E-state index contributed by atoms with van der Waals surface area (Å²) in [4.78, 5) is 65.4. The molecule has 9 nitrogen and oxygen atoms in total. The Bertz CT molecular complexity index is 1450. The molecule has 9 unspecified atom stereocenters.